The van der Waals surface area contributed by atoms with E-state index in [9.17, 15) is 0 Å². The summed E-state index contributed by atoms with van der Waals surface area (Å²) >= 11 is 0. The van der Waals surface area contributed by atoms with E-state index in [0.717, 1.165) is 18.7 Å². The summed E-state index contributed by atoms with van der Waals surface area (Å²) in [6, 6.07) is 4.34. The van der Waals surface area contributed by atoms with Gasteiger partial charge in [-0.3, -0.25) is 4.90 Å². The van der Waals surface area contributed by atoms with Gasteiger partial charge in [0.05, 0.1) is 12.3 Å². The lowest BCUT2D eigenvalue weighted by Gasteiger charge is -2.41. The molecule has 0 saturated carbocycles. The summed E-state index contributed by atoms with van der Waals surface area (Å²) < 4.78 is 5.65. The number of hydrogen-bond donors (Lipinski definition) is 1. The van der Waals surface area contributed by atoms with Crippen molar-refractivity contribution in [2.24, 2.45) is 0 Å². The molecule has 0 amide bonds. The molecule has 102 valence electrons. The molecule has 0 bridgehead atoms. The molecule has 3 heteroatoms. The largest absolute Gasteiger partial charge is 0.468 e. The maximum atomic E-state index is 5.65. The number of hydrogen-bond acceptors (Lipinski definition) is 3. The van der Waals surface area contributed by atoms with Crippen LogP contribution in [0.25, 0.3) is 0 Å². The molecule has 0 aromatic carbocycles. The van der Waals surface area contributed by atoms with Crippen LogP contribution in [0.5, 0.6) is 0 Å². The molecule has 1 aliphatic heterocycles. The smallest absolute Gasteiger partial charge is 0.122 e. The number of furan rings is 1. The van der Waals surface area contributed by atoms with Crippen molar-refractivity contribution >= 4 is 0 Å². The highest BCUT2D eigenvalue weighted by atomic mass is 16.3. The van der Waals surface area contributed by atoms with E-state index in [1.807, 2.05) is 6.07 Å². The van der Waals surface area contributed by atoms with Crippen molar-refractivity contribution in [3.8, 4) is 0 Å². The van der Waals surface area contributed by atoms with Gasteiger partial charge in [-0.2, -0.15) is 0 Å². The lowest BCUT2D eigenvalue weighted by atomic mass is 9.90. The normalized spacial score (nSPS) is 19.3. The van der Waals surface area contributed by atoms with Crippen LogP contribution in [0.4, 0.5) is 0 Å². The zero-order valence-electron chi connectivity index (χ0n) is 11.9. The highest BCUT2D eigenvalue weighted by molar-refractivity contribution is 5.12. The van der Waals surface area contributed by atoms with E-state index in [2.05, 4.69) is 37.1 Å². The number of nitrogens with zero attached hydrogens (tertiary/aromatic N) is 1. The predicted octanol–water partition coefficient (Wildman–Crippen LogP) is 3.19. The quantitative estimate of drug-likeness (QED) is 0.840. The first kappa shape index (κ1) is 13.6. The van der Waals surface area contributed by atoms with Gasteiger partial charge in [0.1, 0.15) is 5.76 Å². The van der Waals surface area contributed by atoms with Crippen LogP contribution in [0.2, 0.25) is 0 Å². The van der Waals surface area contributed by atoms with E-state index in [1.165, 1.54) is 25.9 Å². The topological polar surface area (TPSA) is 28.4 Å². The molecule has 1 aliphatic rings. The van der Waals surface area contributed by atoms with E-state index >= 15 is 0 Å². The molecule has 0 spiro atoms. The SMILES string of the molecule is CCCNC(c1ccco1)C(C)(C)N1CCCC1. The first-order valence-corrected chi connectivity index (χ1v) is 7.18. The Labute approximate surface area is 111 Å². The minimum absolute atomic E-state index is 0.101. The first-order chi connectivity index (χ1) is 8.66. The third kappa shape index (κ3) is 2.78. The Balaban J connectivity index is 2.16. The summed E-state index contributed by atoms with van der Waals surface area (Å²) in [7, 11) is 0. The van der Waals surface area contributed by atoms with Crippen molar-refractivity contribution in [2.45, 2.75) is 51.6 Å². The Bertz CT molecular complexity index is 339. The van der Waals surface area contributed by atoms with Gasteiger partial charge in [0.25, 0.3) is 0 Å². The van der Waals surface area contributed by atoms with Gasteiger partial charge in [-0.1, -0.05) is 6.92 Å². The van der Waals surface area contributed by atoms with Gasteiger partial charge in [-0.05, 0) is 64.9 Å². The monoisotopic (exact) mass is 250 g/mol. The second kappa shape index (κ2) is 5.89. The average molecular weight is 250 g/mol. The first-order valence-electron chi connectivity index (χ1n) is 7.18. The molecule has 0 aliphatic carbocycles. The molecule has 1 atom stereocenters. The molecule has 1 unspecified atom stereocenters. The second-order valence-electron chi connectivity index (χ2n) is 5.75. The van der Waals surface area contributed by atoms with Crippen molar-refractivity contribution in [3.05, 3.63) is 24.2 Å². The fourth-order valence-corrected chi connectivity index (χ4v) is 2.92. The Hall–Kier alpha value is -0.800. The zero-order chi connectivity index (χ0) is 13.0. The highest BCUT2D eigenvalue weighted by Crippen LogP contribution is 2.33. The molecule has 1 N–H and O–H groups in total. The van der Waals surface area contributed by atoms with Gasteiger partial charge < -0.3 is 9.73 Å². The Kier molecular flexibility index (Phi) is 4.46. The molecule has 0 radical (unpaired) electrons. The Morgan fingerprint density at radius 1 is 1.39 bits per heavy atom. The molecule has 1 aromatic heterocycles. The summed E-state index contributed by atoms with van der Waals surface area (Å²) in [5.74, 6) is 1.06. The summed E-state index contributed by atoms with van der Waals surface area (Å²) in [5.41, 5.74) is 0.101. The van der Waals surface area contributed by atoms with Crippen LogP contribution in [0.15, 0.2) is 22.8 Å². The van der Waals surface area contributed by atoms with Gasteiger partial charge in [-0.25, -0.2) is 0 Å². The maximum Gasteiger partial charge on any atom is 0.122 e. The molecule has 1 saturated heterocycles. The molecule has 2 heterocycles. The third-order valence-electron chi connectivity index (χ3n) is 4.05. The molecule has 1 fully saturated rings. The van der Waals surface area contributed by atoms with Gasteiger partial charge in [0.2, 0.25) is 0 Å². The van der Waals surface area contributed by atoms with Crippen LogP contribution in [-0.4, -0.2) is 30.1 Å². The van der Waals surface area contributed by atoms with Crippen molar-refractivity contribution in [1.29, 1.82) is 0 Å². The Morgan fingerprint density at radius 2 is 2.11 bits per heavy atom. The van der Waals surface area contributed by atoms with Crippen molar-refractivity contribution in [1.82, 2.24) is 10.2 Å². The third-order valence-corrected chi connectivity index (χ3v) is 4.05. The van der Waals surface area contributed by atoms with E-state index in [1.54, 1.807) is 6.26 Å². The highest BCUT2D eigenvalue weighted by Gasteiger charge is 2.38. The average Bonchev–Trinajstić information content (AvgIpc) is 3.02. The Morgan fingerprint density at radius 3 is 2.67 bits per heavy atom. The van der Waals surface area contributed by atoms with Crippen LogP contribution in [0.3, 0.4) is 0 Å². The standard InChI is InChI=1S/C15H26N2O/c1-4-9-16-14(13-8-7-12-18-13)15(2,3)17-10-5-6-11-17/h7-8,12,14,16H,4-6,9-11H2,1-3H3. The number of nitrogens with one attached hydrogen (secondary N) is 1. The van der Waals surface area contributed by atoms with Crippen LogP contribution in [0.1, 0.15) is 51.8 Å². The van der Waals surface area contributed by atoms with Gasteiger partial charge >= 0.3 is 0 Å². The van der Waals surface area contributed by atoms with E-state index < -0.39 is 0 Å². The molecular weight excluding hydrogens is 224 g/mol. The zero-order valence-corrected chi connectivity index (χ0v) is 11.9. The van der Waals surface area contributed by atoms with Gasteiger partial charge in [0, 0.05) is 5.54 Å². The minimum atomic E-state index is 0.101. The van der Waals surface area contributed by atoms with Gasteiger partial charge in [0.15, 0.2) is 0 Å². The number of likely N-dealkylation sites (tertiary alicyclic amines) is 1. The summed E-state index contributed by atoms with van der Waals surface area (Å²) in [5, 5.41) is 3.65. The fraction of sp³-hybridized carbons (Fsp3) is 0.733. The lowest BCUT2D eigenvalue weighted by molar-refractivity contribution is 0.0962. The molecular formula is C15H26N2O. The molecule has 3 nitrogen and oxygen atoms in total. The van der Waals surface area contributed by atoms with E-state index in [0.29, 0.717) is 0 Å². The summed E-state index contributed by atoms with van der Waals surface area (Å²) in [4.78, 5) is 2.59. The van der Waals surface area contributed by atoms with Crippen LogP contribution in [0, 0.1) is 0 Å². The molecule has 1 aromatic rings. The van der Waals surface area contributed by atoms with Crippen molar-refractivity contribution in [3.63, 3.8) is 0 Å². The lowest BCUT2D eigenvalue weighted by Crippen LogP contribution is -2.51. The van der Waals surface area contributed by atoms with Crippen LogP contribution < -0.4 is 5.32 Å². The number of rotatable bonds is 6. The van der Waals surface area contributed by atoms with Crippen LogP contribution >= 0.6 is 0 Å². The van der Waals surface area contributed by atoms with Gasteiger partial charge in [-0.15, -0.1) is 0 Å². The predicted molar refractivity (Wildman–Crippen MR) is 74.6 cm³/mol. The maximum absolute atomic E-state index is 5.65. The molecule has 2 rings (SSSR count). The van der Waals surface area contributed by atoms with E-state index in [-0.39, 0.29) is 11.6 Å². The minimum Gasteiger partial charge on any atom is -0.468 e. The van der Waals surface area contributed by atoms with Crippen LogP contribution in [-0.2, 0) is 0 Å². The second-order valence-corrected chi connectivity index (χ2v) is 5.75. The van der Waals surface area contributed by atoms with Crippen molar-refractivity contribution < 1.29 is 4.42 Å². The fourth-order valence-electron chi connectivity index (χ4n) is 2.92. The van der Waals surface area contributed by atoms with Crippen molar-refractivity contribution in [2.75, 3.05) is 19.6 Å². The summed E-state index contributed by atoms with van der Waals surface area (Å²) in [6.45, 7) is 10.3. The molecule has 18 heavy (non-hydrogen) atoms. The van der Waals surface area contributed by atoms with E-state index in [4.69, 9.17) is 4.42 Å². The summed E-state index contributed by atoms with van der Waals surface area (Å²) in [6.07, 6.45) is 5.56.